The number of fused-ring (bicyclic) bond motifs is 1. The molecule has 0 bridgehead atoms. The van der Waals surface area contributed by atoms with Crippen molar-refractivity contribution in [3.63, 3.8) is 0 Å². The summed E-state index contributed by atoms with van der Waals surface area (Å²) >= 11 is 0. The lowest BCUT2D eigenvalue weighted by Crippen LogP contribution is -2.41. The number of carbonyl (C=O) groups excluding carboxylic acids is 2. The summed E-state index contributed by atoms with van der Waals surface area (Å²) in [5.41, 5.74) is 2.28. The van der Waals surface area contributed by atoms with Crippen LogP contribution >= 0.6 is 0 Å². The number of nitrogens with one attached hydrogen (secondary N) is 4. The van der Waals surface area contributed by atoms with E-state index in [2.05, 4.69) is 26.3 Å². The van der Waals surface area contributed by atoms with Crippen molar-refractivity contribution in [2.24, 2.45) is 4.99 Å². The molecule has 2 amide bonds. The Labute approximate surface area is 168 Å². The van der Waals surface area contributed by atoms with Gasteiger partial charge in [-0.15, -0.1) is 0 Å². The number of aliphatic imine (C=N–C) groups is 1. The molecule has 0 aromatic heterocycles. The predicted octanol–water partition coefficient (Wildman–Crippen LogP) is 2.45. The topological polar surface area (TPSA) is 94.6 Å². The molecule has 1 unspecified atom stereocenters. The van der Waals surface area contributed by atoms with E-state index in [9.17, 15) is 14.0 Å². The maximum absolute atomic E-state index is 13.2. The number of hydrogen-bond donors (Lipinski definition) is 4. The Hall–Kier alpha value is -3.42. The highest BCUT2D eigenvalue weighted by molar-refractivity contribution is 5.95. The van der Waals surface area contributed by atoms with Gasteiger partial charge in [-0.05, 0) is 36.8 Å². The van der Waals surface area contributed by atoms with Gasteiger partial charge in [0.25, 0.3) is 0 Å². The fourth-order valence-electron chi connectivity index (χ4n) is 3.16. The summed E-state index contributed by atoms with van der Waals surface area (Å²) in [4.78, 5) is 28.3. The van der Waals surface area contributed by atoms with Crippen LogP contribution in [0.3, 0.4) is 0 Å². The van der Waals surface area contributed by atoms with Gasteiger partial charge in [0.2, 0.25) is 11.8 Å². The molecule has 0 aliphatic carbocycles. The number of anilines is 2. The number of rotatable bonds is 6. The SMILES string of the molecule is CCNC(=NCC(=O)Nc1cccc(F)c1)NCC1CC(=O)Nc2ccccc21. The van der Waals surface area contributed by atoms with Gasteiger partial charge in [-0.3, -0.25) is 9.59 Å². The molecule has 0 saturated heterocycles. The molecule has 1 heterocycles. The number of guanidine groups is 1. The van der Waals surface area contributed by atoms with Crippen molar-refractivity contribution < 1.29 is 14.0 Å². The van der Waals surface area contributed by atoms with Crippen LogP contribution in [0.15, 0.2) is 53.5 Å². The van der Waals surface area contributed by atoms with Crippen LogP contribution in [0.2, 0.25) is 0 Å². The summed E-state index contributed by atoms with van der Waals surface area (Å²) in [5, 5.41) is 11.8. The quantitative estimate of drug-likeness (QED) is 0.445. The molecule has 0 saturated carbocycles. The molecule has 1 aliphatic rings. The van der Waals surface area contributed by atoms with Gasteiger partial charge in [-0.25, -0.2) is 9.38 Å². The fraction of sp³-hybridized carbons (Fsp3) is 0.286. The van der Waals surface area contributed by atoms with Gasteiger partial charge in [-0.1, -0.05) is 24.3 Å². The second-order valence-corrected chi connectivity index (χ2v) is 6.67. The van der Waals surface area contributed by atoms with E-state index in [1.165, 1.54) is 18.2 Å². The van der Waals surface area contributed by atoms with Crippen LogP contribution in [-0.4, -0.2) is 37.4 Å². The largest absolute Gasteiger partial charge is 0.357 e. The van der Waals surface area contributed by atoms with Gasteiger partial charge in [0.1, 0.15) is 12.4 Å². The zero-order valence-electron chi connectivity index (χ0n) is 16.2. The van der Waals surface area contributed by atoms with Crippen molar-refractivity contribution in [3.05, 3.63) is 59.9 Å². The Bertz CT molecular complexity index is 915. The van der Waals surface area contributed by atoms with Crippen molar-refractivity contribution in [1.82, 2.24) is 10.6 Å². The normalized spacial score (nSPS) is 15.9. The highest BCUT2D eigenvalue weighted by Crippen LogP contribution is 2.31. The summed E-state index contributed by atoms with van der Waals surface area (Å²) in [5.74, 6) is -0.310. The molecule has 4 N–H and O–H groups in total. The number of para-hydroxylation sites is 1. The minimum absolute atomic E-state index is 0.00456. The summed E-state index contributed by atoms with van der Waals surface area (Å²) in [6.45, 7) is 2.93. The van der Waals surface area contributed by atoms with Gasteiger partial charge in [-0.2, -0.15) is 0 Å². The maximum atomic E-state index is 13.2. The highest BCUT2D eigenvalue weighted by atomic mass is 19.1. The monoisotopic (exact) mass is 397 g/mol. The van der Waals surface area contributed by atoms with Gasteiger partial charge < -0.3 is 21.3 Å². The summed E-state index contributed by atoms with van der Waals surface area (Å²) in [7, 11) is 0. The molecule has 2 aromatic rings. The Balaban J connectivity index is 1.60. The van der Waals surface area contributed by atoms with E-state index >= 15 is 0 Å². The second kappa shape index (κ2) is 9.68. The Kier molecular flexibility index (Phi) is 6.78. The zero-order valence-corrected chi connectivity index (χ0v) is 16.2. The molecular weight excluding hydrogens is 373 g/mol. The van der Waals surface area contributed by atoms with E-state index in [0.717, 1.165) is 11.3 Å². The first-order valence-corrected chi connectivity index (χ1v) is 9.51. The molecule has 152 valence electrons. The average Bonchev–Trinajstić information content (AvgIpc) is 2.69. The first-order chi connectivity index (χ1) is 14.0. The minimum Gasteiger partial charge on any atom is -0.357 e. The van der Waals surface area contributed by atoms with Crippen LogP contribution in [0.4, 0.5) is 15.8 Å². The second-order valence-electron chi connectivity index (χ2n) is 6.67. The fourth-order valence-corrected chi connectivity index (χ4v) is 3.16. The Morgan fingerprint density at radius 1 is 1.21 bits per heavy atom. The molecule has 3 rings (SSSR count). The molecule has 29 heavy (non-hydrogen) atoms. The number of carbonyl (C=O) groups is 2. The molecule has 0 fully saturated rings. The molecule has 8 heteroatoms. The first-order valence-electron chi connectivity index (χ1n) is 9.51. The standard InChI is InChI=1S/C21H24FN5O2/c1-2-23-21(25-13-20(29)26-16-7-5-6-15(22)11-16)24-12-14-10-19(28)27-18-9-4-3-8-17(14)18/h3-9,11,14H,2,10,12-13H2,1H3,(H,26,29)(H,27,28)(H2,23,24,25). The minimum atomic E-state index is -0.418. The molecule has 0 radical (unpaired) electrons. The molecule has 1 atom stereocenters. The smallest absolute Gasteiger partial charge is 0.246 e. The molecule has 2 aromatic carbocycles. The van der Waals surface area contributed by atoms with E-state index in [0.29, 0.717) is 31.2 Å². The maximum Gasteiger partial charge on any atom is 0.246 e. The lowest BCUT2D eigenvalue weighted by molar-refractivity contribution is -0.117. The van der Waals surface area contributed by atoms with Crippen LogP contribution in [0.5, 0.6) is 0 Å². The van der Waals surface area contributed by atoms with E-state index in [4.69, 9.17) is 0 Å². The summed E-state index contributed by atoms with van der Waals surface area (Å²) in [6, 6.07) is 13.4. The lowest BCUT2D eigenvalue weighted by atomic mass is 9.90. The first kappa shape index (κ1) is 20.3. The van der Waals surface area contributed by atoms with E-state index in [-0.39, 0.29) is 24.3 Å². The van der Waals surface area contributed by atoms with Gasteiger partial charge >= 0.3 is 0 Å². The Morgan fingerprint density at radius 3 is 2.83 bits per heavy atom. The Morgan fingerprint density at radius 2 is 2.03 bits per heavy atom. The van der Waals surface area contributed by atoms with Gasteiger partial charge in [0.05, 0.1) is 0 Å². The average molecular weight is 397 g/mol. The van der Waals surface area contributed by atoms with E-state index in [1.807, 2.05) is 31.2 Å². The summed E-state index contributed by atoms with van der Waals surface area (Å²) < 4.78 is 13.2. The lowest BCUT2D eigenvalue weighted by Gasteiger charge is -2.26. The van der Waals surface area contributed by atoms with Crippen LogP contribution in [-0.2, 0) is 9.59 Å². The third-order valence-electron chi connectivity index (χ3n) is 4.46. The van der Waals surface area contributed by atoms with Gasteiger partial charge in [0, 0.05) is 36.8 Å². The number of nitrogens with zero attached hydrogens (tertiary/aromatic N) is 1. The van der Waals surface area contributed by atoms with Crippen molar-refractivity contribution in [3.8, 4) is 0 Å². The number of halogens is 1. The molecule has 7 nitrogen and oxygen atoms in total. The van der Waals surface area contributed by atoms with E-state index in [1.54, 1.807) is 6.07 Å². The van der Waals surface area contributed by atoms with Crippen molar-refractivity contribution in [2.75, 3.05) is 30.3 Å². The third-order valence-corrected chi connectivity index (χ3v) is 4.46. The van der Waals surface area contributed by atoms with Crippen molar-refractivity contribution >= 4 is 29.1 Å². The van der Waals surface area contributed by atoms with Crippen LogP contribution in [0.1, 0.15) is 24.8 Å². The highest BCUT2D eigenvalue weighted by Gasteiger charge is 2.24. The van der Waals surface area contributed by atoms with E-state index < -0.39 is 5.82 Å². The van der Waals surface area contributed by atoms with Crippen LogP contribution in [0, 0.1) is 5.82 Å². The van der Waals surface area contributed by atoms with Crippen molar-refractivity contribution in [2.45, 2.75) is 19.3 Å². The molecular formula is C21H24FN5O2. The van der Waals surface area contributed by atoms with Gasteiger partial charge in [0.15, 0.2) is 5.96 Å². The van der Waals surface area contributed by atoms with Crippen LogP contribution in [0.25, 0.3) is 0 Å². The summed E-state index contributed by atoms with van der Waals surface area (Å²) in [6.07, 6.45) is 0.378. The number of amides is 2. The predicted molar refractivity (Wildman–Crippen MR) is 111 cm³/mol. The third kappa shape index (κ3) is 5.78. The molecule has 1 aliphatic heterocycles. The van der Waals surface area contributed by atoms with Crippen molar-refractivity contribution in [1.29, 1.82) is 0 Å². The van der Waals surface area contributed by atoms with Crippen LogP contribution < -0.4 is 21.3 Å². The zero-order chi connectivity index (χ0) is 20.6. The molecule has 0 spiro atoms. The number of benzene rings is 2. The number of hydrogen-bond acceptors (Lipinski definition) is 3.